The van der Waals surface area contributed by atoms with Gasteiger partial charge in [0.25, 0.3) is 0 Å². The molecule has 0 aliphatic rings. The molecule has 0 aliphatic carbocycles. The van der Waals surface area contributed by atoms with Crippen LogP contribution in [0.2, 0.25) is 0 Å². The van der Waals surface area contributed by atoms with Crippen LogP contribution in [0.15, 0.2) is 91.0 Å². The monoisotopic (exact) mass is 698 g/mol. The number of hydrogen-bond donors (Lipinski definition) is 0. The molecule has 0 atom stereocenters. The van der Waals surface area contributed by atoms with Crippen LogP contribution < -0.4 is 10.4 Å². The number of aryl methyl sites for hydroxylation is 1. The summed E-state index contributed by atoms with van der Waals surface area (Å²) in [7, 11) is 0. The first kappa shape index (κ1) is 33.7. The summed E-state index contributed by atoms with van der Waals surface area (Å²) in [6.45, 7) is 1.55. The third-order valence-corrected chi connectivity index (χ3v) is 8.47. The summed E-state index contributed by atoms with van der Waals surface area (Å²) in [5, 5.41) is 40.9. The van der Waals surface area contributed by atoms with Crippen molar-refractivity contribution in [2.75, 3.05) is 0 Å². The van der Waals surface area contributed by atoms with Crippen molar-refractivity contribution in [1.29, 1.82) is 21.0 Å². The second-order valence-corrected chi connectivity index (χ2v) is 11.7. The maximum Gasteiger partial charge on any atom is 0.141 e. The van der Waals surface area contributed by atoms with Crippen molar-refractivity contribution < 1.29 is 17.6 Å². The van der Waals surface area contributed by atoms with E-state index in [4.69, 9.17) is 19.9 Å². The molecule has 7 aromatic rings. The largest absolute Gasteiger partial charge is 0.243 e. The minimum atomic E-state index is -0.539. The molecule has 0 fully saturated rings. The van der Waals surface area contributed by atoms with Gasteiger partial charge in [-0.05, 0) is 103 Å². The Hall–Kier alpha value is -7.80. The summed E-state index contributed by atoms with van der Waals surface area (Å²) in [5.74, 6) is -2.11. The van der Waals surface area contributed by atoms with Crippen molar-refractivity contribution in [3.8, 4) is 69.3 Å². The van der Waals surface area contributed by atoms with E-state index in [-0.39, 0.29) is 60.8 Å². The predicted octanol–water partition coefficient (Wildman–Crippen LogP) is 7.50. The summed E-state index contributed by atoms with van der Waals surface area (Å²) >= 11 is 0. The molecule has 2 heterocycles. The van der Waals surface area contributed by atoms with E-state index < -0.39 is 34.4 Å². The molecule has 0 spiro atoms. The summed E-state index contributed by atoms with van der Waals surface area (Å²) in [6.07, 6.45) is 0. The topological polar surface area (TPSA) is 147 Å². The van der Waals surface area contributed by atoms with Crippen molar-refractivity contribution in [2.24, 2.45) is 0 Å². The lowest BCUT2D eigenvalue weighted by Gasteiger charge is -2.15. The van der Waals surface area contributed by atoms with Crippen LogP contribution in [0.1, 0.15) is 5.56 Å². The van der Waals surface area contributed by atoms with E-state index in [1.54, 1.807) is 6.92 Å². The van der Waals surface area contributed by atoms with Crippen molar-refractivity contribution in [1.82, 2.24) is 19.9 Å². The van der Waals surface area contributed by atoms with E-state index in [1.807, 2.05) is 24.3 Å². The standard InChI is InChI=1S/C41H18F4N8/c1-21-16-25(8-15-31(21)45)37-36(24-6-13-30(44)14-7-24)52-40-32(26(17-46)18-47)38-39(33(41(40)53-37)27(19-48)20-49)51-35(23-4-11-29(43)12-5-23)34(50-38)22-2-9-28(42)10-3-22/h2-16H,1H3. The molecule has 0 saturated carbocycles. The number of nitrogens with zero attached hydrogens (tertiary/aromatic N) is 8. The smallest absolute Gasteiger partial charge is 0.141 e. The zero-order valence-corrected chi connectivity index (χ0v) is 27.2. The number of hydrogen-bond acceptors (Lipinski definition) is 8. The Morgan fingerprint density at radius 3 is 1.00 bits per heavy atom. The molecule has 12 heteroatoms. The first-order valence-corrected chi connectivity index (χ1v) is 15.6. The highest BCUT2D eigenvalue weighted by Gasteiger charge is 2.24. The Bertz CT molecular complexity index is 2940. The second-order valence-electron chi connectivity index (χ2n) is 11.7. The molecule has 0 unspecified atom stereocenters. The fraction of sp³-hybridized carbons (Fsp3) is 0.0244. The average molecular weight is 699 g/mol. The van der Waals surface area contributed by atoms with Gasteiger partial charge in [-0.15, -0.1) is 0 Å². The third-order valence-electron chi connectivity index (χ3n) is 8.47. The molecule has 0 radical (unpaired) electrons. The maximum atomic E-state index is 14.5. The average Bonchev–Trinajstić information content (AvgIpc) is 3.17. The molecule has 53 heavy (non-hydrogen) atoms. The molecule has 5 aromatic carbocycles. The molecular formula is C41H18F4N8. The van der Waals surface area contributed by atoms with Gasteiger partial charge in [-0.25, -0.2) is 37.5 Å². The van der Waals surface area contributed by atoms with E-state index in [0.29, 0.717) is 22.3 Å². The van der Waals surface area contributed by atoms with Crippen LogP contribution in [-0.4, -0.2) is 19.9 Å². The van der Waals surface area contributed by atoms with Gasteiger partial charge in [-0.2, -0.15) is 21.0 Å². The van der Waals surface area contributed by atoms with E-state index >= 15 is 0 Å². The summed E-state index contributed by atoms with van der Waals surface area (Å²) < 4.78 is 56.8. The van der Waals surface area contributed by atoms with Gasteiger partial charge in [0.1, 0.15) is 80.8 Å². The SMILES string of the molecule is Cc1cc(-c2nc3c(=C(C#N)C#N)c4nc(-c5ccc(F)cc5)c(-c5ccc(F)cc5)nc4c(=C(C#N)C#N)c3nc2-c2ccc(F)cc2)ccc1F. The van der Waals surface area contributed by atoms with Crippen LogP contribution in [0, 0.1) is 75.5 Å². The Morgan fingerprint density at radius 2 is 0.717 bits per heavy atom. The summed E-state index contributed by atoms with van der Waals surface area (Å²) in [4.78, 5) is 19.6. The lowest BCUT2D eigenvalue weighted by molar-refractivity contribution is 0.618. The number of nitriles is 4. The molecule has 0 bridgehead atoms. The van der Waals surface area contributed by atoms with Crippen molar-refractivity contribution in [3.63, 3.8) is 0 Å². The Labute approximate surface area is 297 Å². The first-order valence-electron chi connectivity index (χ1n) is 15.6. The van der Waals surface area contributed by atoms with Crippen LogP contribution in [-0.2, 0) is 0 Å². The number of aromatic nitrogens is 4. The van der Waals surface area contributed by atoms with E-state index in [2.05, 4.69) is 0 Å². The first-order chi connectivity index (χ1) is 25.6. The van der Waals surface area contributed by atoms with Gasteiger partial charge in [-0.3, -0.25) is 0 Å². The van der Waals surface area contributed by atoms with Gasteiger partial charge in [-0.1, -0.05) is 0 Å². The molecule has 2 aromatic heterocycles. The maximum absolute atomic E-state index is 14.5. The molecule has 0 N–H and O–H groups in total. The summed E-state index contributed by atoms with van der Waals surface area (Å²) in [5.41, 5.74) is 0.811. The third kappa shape index (κ3) is 5.93. The Morgan fingerprint density at radius 1 is 0.434 bits per heavy atom. The number of fused-ring (bicyclic) bond motifs is 2. The van der Waals surface area contributed by atoms with Gasteiger partial charge < -0.3 is 0 Å². The molecular weight excluding hydrogens is 680 g/mol. The Kier molecular flexibility index (Phi) is 8.57. The molecule has 0 amide bonds. The van der Waals surface area contributed by atoms with Gasteiger partial charge in [0.05, 0.1) is 33.2 Å². The van der Waals surface area contributed by atoms with E-state index in [9.17, 15) is 38.6 Å². The molecule has 7 rings (SSSR count). The number of benzene rings is 5. The highest BCUT2D eigenvalue weighted by molar-refractivity contribution is 6.03. The second kappa shape index (κ2) is 13.5. The fourth-order valence-electron chi connectivity index (χ4n) is 5.96. The zero-order valence-electron chi connectivity index (χ0n) is 27.2. The van der Waals surface area contributed by atoms with Gasteiger partial charge in [0, 0.05) is 22.3 Å². The number of halogens is 4. The number of rotatable bonds is 4. The molecule has 0 aliphatic heterocycles. The Balaban J connectivity index is 1.80. The normalized spacial score (nSPS) is 10.7. The lowest BCUT2D eigenvalue weighted by Crippen LogP contribution is -2.24. The molecule has 8 nitrogen and oxygen atoms in total. The summed E-state index contributed by atoms with van der Waals surface area (Å²) in [6, 6.07) is 27.5. The quantitative estimate of drug-likeness (QED) is 0.136. The predicted molar refractivity (Wildman–Crippen MR) is 187 cm³/mol. The van der Waals surface area contributed by atoms with E-state index in [0.717, 1.165) is 0 Å². The van der Waals surface area contributed by atoms with Crippen molar-refractivity contribution in [3.05, 3.63) is 130 Å². The minimum absolute atomic E-state index is 0.120. The van der Waals surface area contributed by atoms with E-state index in [1.165, 1.54) is 91.0 Å². The van der Waals surface area contributed by atoms with Crippen LogP contribution in [0.25, 0.3) is 78.2 Å². The van der Waals surface area contributed by atoms with Gasteiger partial charge >= 0.3 is 0 Å². The van der Waals surface area contributed by atoms with Crippen LogP contribution in [0.3, 0.4) is 0 Å². The molecule has 0 saturated heterocycles. The highest BCUT2D eigenvalue weighted by atomic mass is 19.1. The van der Waals surface area contributed by atoms with Gasteiger partial charge in [0.15, 0.2) is 0 Å². The van der Waals surface area contributed by atoms with Crippen LogP contribution >= 0.6 is 0 Å². The van der Waals surface area contributed by atoms with Crippen molar-refractivity contribution >= 4 is 33.2 Å². The minimum Gasteiger partial charge on any atom is -0.243 e. The van der Waals surface area contributed by atoms with Crippen LogP contribution in [0.5, 0.6) is 0 Å². The fourth-order valence-corrected chi connectivity index (χ4v) is 5.96. The molecule has 250 valence electrons. The van der Waals surface area contributed by atoms with Crippen LogP contribution in [0.4, 0.5) is 17.6 Å². The van der Waals surface area contributed by atoms with Gasteiger partial charge in [0.2, 0.25) is 0 Å². The highest BCUT2D eigenvalue weighted by Crippen LogP contribution is 2.34. The lowest BCUT2D eigenvalue weighted by atomic mass is 9.98. The van der Waals surface area contributed by atoms with Crippen molar-refractivity contribution in [2.45, 2.75) is 6.92 Å². The zero-order chi connectivity index (χ0) is 37.4.